The second kappa shape index (κ2) is 19.7. The van der Waals surface area contributed by atoms with E-state index in [0.29, 0.717) is 53.3 Å². The van der Waals surface area contributed by atoms with Gasteiger partial charge in [-0.1, -0.05) is 0 Å². The molecule has 3 N–H and O–H groups in total. The van der Waals surface area contributed by atoms with Crippen molar-refractivity contribution < 1.29 is 52.3 Å². The van der Waals surface area contributed by atoms with Crippen LogP contribution in [0.4, 0.5) is 38.9 Å². The van der Waals surface area contributed by atoms with Gasteiger partial charge >= 0.3 is 10.1 Å². The molecule has 19 nitrogen and oxygen atoms in total. The van der Waals surface area contributed by atoms with E-state index in [1.165, 1.54) is 13.3 Å². The molecule has 0 spiro atoms. The van der Waals surface area contributed by atoms with Crippen LogP contribution in [0.15, 0.2) is 34.9 Å². The van der Waals surface area contributed by atoms with E-state index >= 15 is 4.39 Å². The lowest BCUT2D eigenvalue weighted by molar-refractivity contribution is -0.122. The summed E-state index contributed by atoms with van der Waals surface area (Å²) in [6.07, 6.45) is 5.63. The number of anilines is 6. The van der Waals surface area contributed by atoms with E-state index in [4.69, 9.17) is 17.8 Å². The average molecular weight is 940 g/mol. The van der Waals surface area contributed by atoms with Gasteiger partial charge < -0.3 is 39.4 Å². The van der Waals surface area contributed by atoms with E-state index in [-0.39, 0.29) is 67.8 Å². The number of carbonyl (C=O) groups excluding carboxylic acids is 1. The SMILES string of the molecule is CCN(c1cc(OS(C)(=O)=O)c(F)cc1Nc1nc(Nc2cc(OCCCOS(C)(=O)=O)c(N3CCC(NC(=O)CN(C)C)CC3)cc2OC)ncc1Br)S(C)(=O)=O. The number of hydrogen-bond acceptors (Lipinski definition) is 17. The molecule has 1 amide bonds. The highest BCUT2D eigenvalue weighted by molar-refractivity contribution is 9.10. The molecule has 0 unspecified atom stereocenters. The van der Waals surface area contributed by atoms with Crippen molar-refractivity contribution in [3.05, 3.63) is 40.8 Å². The normalized spacial score (nSPS) is 13.9. The molecule has 3 aromatic rings. The number of nitrogens with zero attached hydrogens (tertiary/aromatic N) is 5. The van der Waals surface area contributed by atoms with Crippen LogP contribution in [0, 0.1) is 5.82 Å². The van der Waals surface area contributed by atoms with Gasteiger partial charge in [0.1, 0.15) is 17.3 Å². The first-order valence-electron chi connectivity index (χ1n) is 17.7. The second-order valence-corrected chi connectivity index (χ2v) is 19.5. The van der Waals surface area contributed by atoms with Crippen molar-refractivity contribution in [3.8, 4) is 17.2 Å². The average Bonchev–Trinajstić information content (AvgIpc) is 3.10. The number of likely N-dealkylation sites (N-methyl/N-ethyl adjacent to an activating group) is 1. The fraction of sp³-hybridized carbons (Fsp3) is 0.500. The molecule has 0 atom stereocenters. The summed E-state index contributed by atoms with van der Waals surface area (Å²) in [7, 11) is -6.62. The van der Waals surface area contributed by atoms with Crippen molar-refractivity contribution in [2.75, 3.05) is 99.2 Å². The van der Waals surface area contributed by atoms with Crippen molar-refractivity contribution in [1.29, 1.82) is 0 Å². The Labute approximate surface area is 347 Å². The number of sulfonamides is 1. The van der Waals surface area contributed by atoms with Crippen LogP contribution in [0.3, 0.4) is 0 Å². The van der Waals surface area contributed by atoms with E-state index in [2.05, 4.69) is 46.7 Å². The van der Waals surface area contributed by atoms with Crippen LogP contribution in [-0.2, 0) is 39.2 Å². The number of benzene rings is 2. The number of hydrogen-bond donors (Lipinski definition) is 3. The summed E-state index contributed by atoms with van der Waals surface area (Å²) in [5, 5.41) is 9.10. The van der Waals surface area contributed by atoms with Crippen LogP contribution in [-0.4, -0.2) is 131 Å². The van der Waals surface area contributed by atoms with Gasteiger partial charge in [-0.25, -0.2) is 17.8 Å². The Morgan fingerprint density at radius 1 is 0.948 bits per heavy atom. The highest BCUT2D eigenvalue weighted by Gasteiger charge is 2.27. The number of halogens is 2. The third kappa shape index (κ3) is 13.7. The predicted octanol–water partition coefficient (Wildman–Crippen LogP) is 3.39. The number of amides is 1. The first-order valence-corrected chi connectivity index (χ1v) is 24.0. The standard InChI is InChI=1S/C34H48BrFN8O11S3/c1-8-44(56(5,46)47)27-18-29(55-58(7,50)51)24(36)16-25(27)39-33-23(35)20-37-34(41-33)40-26-17-31(53-14-9-15-54-57(6,48)49)28(19-30(26)52-4)43-12-10-22(11-13-43)38-32(45)21-42(2)3/h16-20,22H,8-15,21H2,1-7H3,(H,38,45)(H2,37,39,40,41). The van der Waals surface area contributed by atoms with Crippen molar-refractivity contribution in [1.82, 2.24) is 20.2 Å². The molecule has 322 valence electrons. The van der Waals surface area contributed by atoms with Gasteiger partial charge in [0.25, 0.3) is 10.1 Å². The number of nitrogens with one attached hydrogen (secondary N) is 3. The van der Waals surface area contributed by atoms with Gasteiger partial charge in [-0.3, -0.25) is 13.3 Å². The lowest BCUT2D eigenvalue weighted by atomic mass is 10.0. The van der Waals surface area contributed by atoms with Crippen LogP contribution >= 0.6 is 15.9 Å². The molecule has 1 saturated heterocycles. The Hall–Kier alpha value is -4.23. The Balaban J connectivity index is 1.67. The van der Waals surface area contributed by atoms with Crippen LogP contribution in [0.25, 0.3) is 0 Å². The molecular formula is C34H48BrFN8O11S3. The summed E-state index contributed by atoms with van der Waals surface area (Å²) >= 11 is 3.37. The fourth-order valence-corrected chi connectivity index (χ4v) is 8.02. The van der Waals surface area contributed by atoms with Gasteiger partial charge in [0.05, 0.1) is 72.9 Å². The van der Waals surface area contributed by atoms with Gasteiger partial charge in [0.15, 0.2) is 11.6 Å². The Bertz CT molecular complexity index is 2280. The maximum Gasteiger partial charge on any atom is 0.306 e. The number of ether oxygens (including phenoxy) is 2. The Kier molecular flexibility index (Phi) is 15.8. The quantitative estimate of drug-likeness (QED) is 0.109. The first-order chi connectivity index (χ1) is 27.1. The molecule has 24 heteroatoms. The predicted molar refractivity (Wildman–Crippen MR) is 222 cm³/mol. The molecule has 2 aromatic carbocycles. The molecule has 0 radical (unpaired) electrons. The topological polar surface area (TPSA) is 228 Å². The van der Waals surface area contributed by atoms with Crippen LogP contribution in [0.2, 0.25) is 0 Å². The van der Waals surface area contributed by atoms with E-state index in [9.17, 15) is 30.0 Å². The summed E-state index contributed by atoms with van der Waals surface area (Å²) in [4.78, 5) is 25.1. The Morgan fingerprint density at radius 2 is 1.64 bits per heavy atom. The van der Waals surface area contributed by atoms with Crippen LogP contribution in [0.5, 0.6) is 17.2 Å². The van der Waals surface area contributed by atoms with Crippen molar-refractivity contribution in [2.24, 2.45) is 0 Å². The maximum atomic E-state index is 15.2. The molecule has 1 aromatic heterocycles. The lowest BCUT2D eigenvalue weighted by Crippen LogP contribution is -2.46. The zero-order chi connectivity index (χ0) is 43.0. The largest absolute Gasteiger partial charge is 0.494 e. The maximum absolute atomic E-state index is 15.2. The van der Waals surface area contributed by atoms with E-state index in [1.807, 2.05) is 14.1 Å². The van der Waals surface area contributed by atoms with Gasteiger partial charge in [-0.2, -0.15) is 21.8 Å². The van der Waals surface area contributed by atoms with Crippen molar-refractivity contribution in [3.63, 3.8) is 0 Å². The molecule has 0 saturated carbocycles. The molecule has 1 aliphatic heterocycles. The summed E-state index contributed by atoms with van der Waals surface area (Å²) in [5.74, 6) is -0.972. The van der Waals surface area contributed by atoms with Crippen LogP contribution in [0.1, 0.15) is 26.2 Å². The van der Waals surface area contributed by atoms with Gasteiger partial charge in [-0.05, 0) is 49.8 Å². The molecule has 2 heterocycles. The van der Waals surface area contributed by atoms with Gasteiger partial charge in [-0.15, -0.1) is 0 Å². The van der Waals surface area contributed by atoms with Crippen LogP contribution < -0.4 is 38.8 Å². The molecule has 1 aliphatic rings. The number of carbonyl (C=O) groups is 1. The van der Waals surface area contributed by atoms with E-state index in [1.54, 1.807) is 24.0 Å². The monoisotopic (exact) mass is 938 g/mol. The fourth-order valence-electron chi connectivity index (χ4n) is 5.88. The summed E-state index contributed by atoms with van der Waals surface area (Å²) in [6.45, 7) is 2.91. The summed E-state index contributed by atoms with van der Waals surface area (Å²) in [6, 6.07) is 5.28. The zero-order valence-corrected chi connectivity index (χ0v) is 37.1. The second-order valence-electron chi connectivity index (χ2n) is 13.5. The smallest absolute Gasteiger partial charge is 0.306 e. The summed E-state index contributed by atoms with van der Waals surface area (Å²) < 4.78 is 110. The van der Waals surface area contributed by atoms with E-state index < -0.39 is 41.8 Å². The number of rotatable bonds is 20. The van der Waals surface area contributed by atoms with E-state index in [0.717, 1.165) is 35.2 Å². The first kappa shape index (κ1) is 46.5. The molecular weight excluding hydrogens is 892 g/mol. The molecule has 0 bridgehead atoms. The molecule has 58 heavy (non-hydrogen) atoms. The van der Waals surface area contributed by atoms with Crippen molar-refractivity contribution in [2.45, 2.75) is 32.2 Å². The third-order valence-corrected chi connectivity index (χ3v) is 11.2. The molecule has 4 rings (SSSR count). The third-order valence-electron chi connectivity index (χ3n) is 8.28. The lowest BCUT2D eigenvalue weighted by Gasteiger charge is -2.35. The van der Waals surface area contributed by atoms with Gasteiger partial charge in [0, 0.05) is 62.6 Å². The summed E-state index contributed by atoms with van der Waals surface area (Å²) in [5.41, 5.74) is 0.851. The number of aromatic nitrogens is 2. The minimum atomic E-state index is -4.17. The van der Waals surface area contributed by atoms with Crippen molar-refractivity contribution >= 4 is 86.6 Å². The molecule has 0 aliphatic carbocycles. The minimum Gasteiger partial charge on any atom is -0.494 e. The number of piperidine rings is 1. The highest BCUT2D eigenvalue weighted by Crippen LogP contribution is 2.42. The number of methoxy groups -OCH3 is 1. The molecule has 1 fully saturated rings. The highest BCUT2D eigenvalue weighted by atomic mass is 79.9. The Morgan fingerprint density at radius 3 is 2.22 bits per heavy atom. The minimum absolute atomic E-state index is 0.0100. The van der Waals surface area contributed by atoms with Gasteiger partial charge in [0.2, 0.25) is 21.9 Å². The zero-order valence-electron chi connectivity index (χ0n) is 33.0.